The Hall–Kier alpha value is -0.423. The third-order valence-electron chi connectivity index (χ3n) is 5.26. The van der Waals surface area contributed by atoms with Gasteiger partial charge in [0.2, 0.25) is 0 Å². The molecule has 0 amide bonds. The van der Waals surface area contributed by atoms with E-state index in [-0.39, 0.29) is 5.60 Å². The van der Waals surface area contributed by atoms with Gasteiger partial charge in [-0.25, -0.2) is 0 Å². The van der Waals surface area contributed by atoms with Gasteiger partial charge >= 0.3 is 8.56 Å². The number of fused-ring (bicyclic) bond motifs is 1. The smallest absolute Gasteiger partial charge is 0.376 e. The minimum absolute atomic E-state index is 0.0877. The van der Waals surface area contributed by atoms with E-state index in [0.717, 1.165) is 25.9 Å². The van der Waals surface area contributed by atoms with E-state index >= 15 is 0 Å². The van der Waals surface area contributed by atoms with Crippen LogP contribution in [0.1, 0.15) is 58.8 Å². The van der Waals surface area contributed by atoms with Crippen molar-refractivity contribution in [3.63, 3.8) is 0 Å². The minimum atomic E-state index is -2.39. The molecule has 3 aliphatic rings. The Morgan fingerprint density at radius 2 is 2.00 bits per heavy atom. The molecule has 0 saturated heterocycles. The molecule has 3 rings (SSSR count). The molecule has 0 radical (unpaired) electrons. The van der Waals surface area contributed by atoms with E-state index in [0.29, 0.717) is 12.1 Å². The van der Waals surface area contributed by atoms with Crippen molar-refractivity contribution in [2.75, 3.05) is 20.3 Å². The quantitative estimate of drug-likeness (QED) is 0.720. The first kappa shape index (κ1) is 16.4. The normalized spacial score (nSPS) is 32.7. The standard InChI is InChI=1S/C18H30O3Si/c1-18(2)12-6-11-17-15(14-19-3)8-7-13-20-22(17,21-18)16-9-4-5-10-16/h8,11,16H,4-7,9-10,12-14H2,1-3H3. The van der Waals surface area contributed by atoms with Crippen LogP contribution in [0.2, 0.25) is 5.54 Å². The van der Waals surface area contributed by atoms with Crippen molar-refractivity contribution < 1.29 is 13.6 Å². The summed E-state index contributed by atoms with van der Waals surface area (Å²) in [5.41, 5.74) is 1.85. The minimum Gasteiger partial charge on any atom is -0.390 e. The molecule has 2 aliphatic heterocycles. The Bertz CT molecular complexity index is 463. The van der Waals surface area contributed by atoms with Crippen LogP contribution in [-0.2, 0) is 13.6 Å². The summed E-state index contributed by atoms with van der Waals surface area (Å²) in [7, 11) is -0.605. The van der Waals surface area contributed by atoms with E-state index in [1.54, 1.807) is 7.11 Å². The lowest BCUT2D eigenvalue weighted by Gasteiger charge is -2.41. The Morgan fingerprint density at radius 3 is 2.73 bits per heavy atom. The number of allylic oxidation sites excluding steroid dienone is 1. The average Bonchev–Trinajstić information content (AvgIpc) is 2.90. The molecular weight excluding hydrogens is 292 g/mol. The van der Waals surface area contributed by atoms with E-state index in [9.17, 15) is 0 Å². The van der Waals surface area contributed by atoms with Crippen molar-refractivity contribution in [3.05, 3.63) is 22.9 Å². The fourth-order valence-corrected chi connectivity index (χ4v) is 8.99. The number of rotatable bonds is 3. The first-order valence-electron chi connectivity index (χ1n) is 8.80. The maximum Gasteiger partial charge on any atom is 0.376 e. The van der Waals surface area contributed by atoms with Crippen molar-refractivity contribution in [1.29, 1.82) is 0 Å². The molecule has 0 N–H and O–H groups in total. The first-order chi connectivity index (χ1) is 10.6. The molecule has 0 aromatic carbocycles. The van der Waals surface area contributed by atoms with Gasteiger partial charge in [-0.05, 0) is 56.7 Å². The summed E-state index contributed by atoms with van der Waals surface area (Å²) in [6.07, 6.45) is 13.0. The maximum absolute atomic E-state index is 6.88. The number of methoxy groups -OCH3 is 1. The zero-order valence-electron chi connectivity index (χ0n) is 14.3. The topological polar surface area (TPSA) is 27.7 Å². The van der Waals surface area contributed by atoms with Crippen LogP contribution in [0.25, 0.3) is 0 Å². The summed E-state index contributed by atoms with van der Waals surface area (Å²) in [4.78, 5) is 0. The third kappa shape index (κ3) is 3.11. The highest BCUT2D eigenvalue weighted by Crippen LogP contribution is 2.49. The van der Waals surface area contributed by atoms with Crippen LogP contribution in [-0.4, -0.2) is 34.5 Å². The molecule has 1 saturated carbocycles. The summed E-state index contributed by atoms with van der Waals surface area (Å²) >= 11 is 0. The predicted molar refractivity (Wildman–Crippen MR) is 91.0 cm³/mol. The molecule has 1 fully saturated rings. The van der Waals surface area contributed by atoms with Gasteiger partial charge < -0.3 is 13.6 Å². The van der Waals surface area contributed by atoms with Crippen molar-refractivity contribution in [1.82, 2.24) is 0 Å². The molecule has 1 atom stereocenters. The predicted octanol–water partition coefficient (Wildman–Crippen LogP) is 4.42. The van der Waals surface area contributed by atoms with Gasteiger partial charge in [-0.2, -0.15) is 0 Å². The maximum atomic E-state index is 6.88. The summed E-state index contributed by atoms with van der Waals surface area (Å²) in [6.45, 7) is 5.95. The molecule has 0 aromatic rings. The highest BCUT2D eigenvalue weighted by Gasteiger charge is 2.55. The van der Waals surface area contributed by atoms with Crippen molar-refractivity contribution in [2.45, 2.75) is 69.9 Å². The number of hydrogen-bond donors (Lipinski definition) is 0. The lowest BCUT2D eigenvalue weighted by molar-refractivity contribution is 0.0455. The Balaban J connectivity index is 2.04. The molecule has 0 aromatic heterocycles. The first-order valence-corrected chi connectivity index (χ1v) is 10.7. The summed E-state index contributed by atoms with van der Waals surface area (Å²) in [6, 6.07) is 0. The molecule has 2 heterocycles. The molecule has 124 valence electrons. The third-order valence-corrected chi connectivity index (χ3v) is 9.68. The van der Waals surface area contributed by atoms with Crippen molar-refractivity contribution in [2.24, 2.45) is 0 Å². The highest BCUT2D eigenvalue weighted by molar-refractivity contribution is 6.77. The van der Waals surface area contributed by atoms with Crippen molar-refractivity contribution in [3.8, 4) is 0 Å². The SMILES string of the molecule is COCC1=CCCO[Si]2(C3CCCC3)OC(C)(C)CCC=C12. The molecule has 0 bridgehead atoms. The van der Waals surface area contributed by atoms with E-state index in [1.807, 2.05) is 0 Å². The van der Waals surface area contributed by atoms with Gasteiger partial charge in [0, 0.05) is 19.3 Å². The van der Waals surface area contributed by atoms with Crippen LogP contribution >= 0.6 is 0 Å². The van der Waals surface area contributed by atoms with Gasteiger partial charge in [0.25, 0.3) is 0 Å². The van der Waals surface area contributed by atoms with Crippen LogP contribution in [0.15, 0.2) is 22.9 Å². The Morgan fingerprint density at radius 1 is 1.23 bits per heavy atom. The molecule has 4 heteroatoms. The molecule has 1 unspecified atom stereocenters. The monoisotopic (exact) mass is 322 g/mol. The molecular formula is C18H30O3Si. The van der Waals surface area contributed by atoms with Crippen LogP contribution in [0, 0.1) is 0 Å². The van der Waals surface area contributed by atoms with Gasteiger partial charge in [0.05, 0.1) is 12.2 Å². The zero-order valence-corrected chi connectivity index (χ0v) is 15.3. The summed E-state index contributed by atoms with van der Waals surface area (Å²) in [5.74, 6) is 0. The van der Waals surface area contributed by atoms with Crippen LogP contribution < -0.4 is 0 Å². The van der Waals surface area contributed by atoms with Gasteiger partial charge in [0.1, 0.15) is 0 Å². The van der Waals surface area contributed by atoms with Gasteiger partial charge in [0.15, 0.2) is 0 Å². The summed E-state index contributed by atoms with van der Waals surface area (Å²) < 4.78 is 19.0. The second-order valence-electron chi connectivity index (χ2n) is 7.47. The second-order valence-corrected chi connectivity index (χ2v) is 10.6. The van der Waals surface area contributed by atoms with Crippen LogP contribution in [0.5, 0.6) is 0 Å². The zero-order chi connectivity index (χ0) is 15.6. The Labute approximate surface area is 136 Å². The van der Waals surface area contributed by atoms with E-state index in [1.165, 1.54) is 36.5 Å². The number of ether oxygens (including phenoxy) is 1. The fraction of sp³-hybridized carbons (Fsp3) is 0.778. The van der Waals surface area contributed by atoms with Crippen LogP contribution in [0.3, 0.4) is 0 Å². The van der Waals surface area contributed by atoms with E-state index in [4.69, 9.17) is 13.6 Å². The van der Waals surface area contributed by atoms with Crippen LogP contribution in [0.4, 0.5) is 0 Å². The van der Waals surface area contributed by atoms with E-state index in [2.05, 4.69) is 26.0 Å². The lowest BCUT2D eigenvalue weighted by atomic mass is 10.0. The lowest BCUT2D eigenvalue weighted by Crippen LogP contribution is -2.53. The van der Waals surface area contributed by atoms with E-state index < -0.39 is 8.56 Å². The molecule has 0 spiro atoms. The van der Waals surface area contributed by atoms with Gasteiger partial charge in [-0.3, -0.25) is 0 Å². The number of hydrogen-bond acceptors (Lipinski definition) is 3. The second kappa shape index (κ2) is 6.60. The largest absolute Gasteiger partial charge is 0.390 e. The molecule has 3 nitrogen and oxygen atoms in total. The average molecular weight is 323 g/mol. The molecule has 22 heavy (non-hydrogen) atoms. The summed E-state index contributed by atoms with van der Waals surface area (Å²) in [5, 5.41) is 1.39. The highest BCUT2D eigenvalue weighted by atomic mass is 28.4. The Kier molecular flexibility index (Phi) is 4.93. The van der Waals surface area contributed by atoms with Crippen molar-refractivity contribution >= 4 is 8.56 Å². The molecule has 1 aliphatic carbocycles. The van der Waals surface area contributed by atoms with Gasteiger partial charge in [-0.15, -0.1) is 0 Å². The fourth-order valence-electron chi connectivity index (χ4n) is 4.26. The van der Waals surface area contributed by atoms with Gasteiger partial charge in [-0.1, -0.05) is 25.0 Å².